The van der Waals surface area contributed by atoms with Crippen molar-refractivity contribution in [1.29, 1.82) is 0 Å². The van der Waals surface area contributed by atoms with Gasteiger partial charge in [0.15, 0.2) is 0 Å². The van der Waals surface area contributed by atoms with E-state index in [0.29, 0.717) is 4.47 Å². The molecule has 1 rings (SSSR count). The molecule has 0 bridgehead atoms. The molecule has 0 aromatic carbocycles. The third-order valence-corrected chi connectivity index (χ3v) is 3.82. The molecule has 1 atom stereocenters. The zero-order valence-corrected chi connectivity index (χ0v) is 10.9. The summed E-state index contributed by atoms with van der Waals surface area (Å²) in [4.78, 5) is 3.62. The first-order valence-electron chi connectivity index (χ1n) is 4.41. The standard InChI is InChI=1S/C8H12BrN3O3S/c1-5(4-13)12-16(14,15)7-2-6(9)3-11-8(7)10/h2-3,5,12-13H,4H2,1H3,(H2,10,11). The molecule has 0 aliphatic carbocycles. The van der Waals surface area contributed by atoms with Crippen molar-refractivity contribution in [2.75, 3.05) is 12.3 Å². The van der Waals surface area contributed by atoms with Gasteiger partial charge in [-0.1, -0.05) is 0 Å². The lowest BCUT2D eigenvalue weighted by Crippen LogP contribution is -2.35. The summed E-state index contributed by atoms with van der Waals surface area (Å²) in [5, 5.41) is 8.79. The molecular formula is C8H12BrN3O3S. The molecule has 90 valence electrons. The van der Waals surface area contributed by atoms with Crippen LogP contribution >= 0.6 is 15.9 Å². The van der Waals surface area contributed by atoms with Crippen molar-refractivity contribution < 1.29 is 13.5 Å². The number of halogens is 1. The Bertz CT molecular complexity index is 477. The van der Waals surface area contributed by atoms with Gasteiger partial charge in [-0.3, -0.25) is 0 Å². The highest BCUT2D eigenvalue weighted by molar-refractivity contribution is 9.10. The maximum absolute atomic E-state index is 11.8. The van der Waals surface area contributed by atoms with Crippen LogP contribution in [0.25, 0.3) is 0 Å². The number of hydrogen-bond acceptors (Lipinski definition) is 5. The summed E-state index contributed by atoms with van der Waals surface area (Å²) in [6.45, 7) is 1.25. The number of hydrogen-bond donors (Lipinski definition) is 3. The maximum Gasteiger partial charge on any atom is 0.244 e. The number of aromatic nitrogens is 1. The summed E-state index contributed by atoms with van der Waals surface area (Å²) < 4.78 is 26.4. The number of pyridine rings is 1. The molecule has 1 unspecified atom stereocenters. The van der Waals surface area contributed by atoms with Crippen molar-refractivity contribution in [1.82, 2.24) is 9.71 Å². The van der Waals surface area contributed by atoms with Crippen molar-refractivity contribution >= 4 is 31.8 Å². The van der Waals surface area contributed by atoms with Gasteiger partial charge in [0.25, 0.3) is 0 Å². The third-order valence-electron chi connectivity index (χ3n) is 1.77. The predicted octanol–water partition coefficient (Wildman–Crippen LogP) is 0.0854. The summed E-state index contributed by atoms with van der Waals surface area (Å²) in [5.41, 5.74) is 5.48. The second kappa shape index (κ2) is 5.09. The topological polar surface area (TPSA) is 105 Å². The van der Waals surface area contributed by atoms with E-state index in [2.05, 4.69) is 25.6 Å². The number of nitrogens with zero attached hydrogens (tertiary/aromatic N) is 1. The Balaban J connectivity index is 3.12. The summed E-state index contributed by atoms with van der Waals surface area (Å²) in [6, 6.07) is 0.776. The fourth-order valence-electron chi connectivity index (χ4n) is 1.01. The van der Waals surface area contributed by atoms with E-state index >= 15 is 0 Å². The Hall–Kier alpha value is -0.700. The molecule has 0 saturated carbocycles. The van der Waals surface area contributed by atoms with Crippen LogP contribution in [0.1, 0.15) is 6.92 Å². The van der Waals surface area contributed by atoms with E-state index in [-0.39, 0.29) is 17.3 Å². The first kappa shape index (κ1) is 13.4. The van der Waals surface area contributed by atoms with Crippen LogP contribution in [0.3, 0.4) is 0 Å². The van der Waals surface area contributed by atoms with Gasteiger partial charge >= 0.3 is 0 Å². The molecule has 1 aromatic rings. The Kier molecular flexibility index (Phi) is 4.25. The molecule has 8 heteroatoms. The molecule has 0 aliphatic rings. The Morgan fingerprint density at radius 3 is 2.88 bits per heavy atom. The van der Waals surface area contributed by atoms with Gasteiger partial charge in [-0.2, -0.15) is 0 Å². The highest BCUT2D eigenvalue weighted by Crippen LogP contribution is 2.20. The van der Waals surface area contributed by atoms with E-state index < -0.39 is 16.1 Å². The zero-order chi connectivity index (χ0) is 12.3. The predicted molar refractivity (Wildman–Crippen MR) is 63.2 cm³/mol. The van der Waals surface area contributed by atoms with Crippen molar-refractivity contribution in [2.45, 2.75) is 17.9 Å². The molecule has 6 nitrogen and oxygen atoms in total. The third kappa shape index (κ3) is 3.14. The molecule has 0 radical (unpaired) electrons. The first-order valence-corrected chi connectivity index (χ1v) is 6.68. The van der Waals surface area contributed by atoms with Gasteiger partial charge in [0, 0.05) is 16.7 Å². The number of aliphatic hydroxyl groups excluding tert-OH is 1. The minimum atomic E-state index is -3.75. The smallest absolute Gasteiger partial charge is 0.244 e. The lowest BCUT2D eigenvalue weighted by Gasteiger charge is -2.12. The van der Waals surface area contributed by atoms with Crippen LogP contribution in [-0.4, -0.2) is 31.2 Å². The minimum Gasteiger partial charge on any atom is -0.395 e. The van der Waals surface area contributed by atoms with Gasteiger partial charge in [-0.25, -0.2) is 18.1 Å². The molecule has 0 saturated heterocycles. The average Bonchev–Trinajstić information content (AvgIpc) is 2.20. The second-order valence-electron chi connectivity index (χ2n) is 3.24. The summed E-state index contributed by atoms with van der Waals surface area (Å²) in [5.74, 6) is -0.0826. The van der Waals surface area contributed by atoms with Crippen molar-refractivity contribution in [2.24, 2.45) is 0 Å². The van der Waals surface area contributed by atoms with Crippen LogP contribution < -0.4 is 10.5 Å². The lowest BCUT2D eigenvalue weighted by atomic mass is 10.4. The van der Waals surface area contributed by atoms with Gasteiger partial charge in [-0.15, -0.1) is 0 Å². The van der Waals surface area contributed by atoms with Crippen LogP contribution in [0.2, 0.25) is 0 Å². The Morgan fingerprint density at radius 1 is 1.69 bits per heavy atom. The molecule has 0 fully saturated rings. The SMILES string of the molecule is CC(CO)NS(=O)(=O)c1cc(Br)cnc1N. The van der Waals surface area contributed by atoms with Crippen LogP contribution in [0.15, 0.2) is 21.6 Å². The van der Waals surface area contributed by atoms with Crippen LogP contribution in [-0.2, 0) is 10.0 Å². The largest absolute Gasteiger partial charge is 0.395 e. The van der Waals surface area contributed by atoms with E-state index in [9.17, 15) is 8.42 Å². The van der Waals surface area contributed by atoms with Crippen LogP contribution in [0, 0.1) is 0 Å². The fraction of sp³-hybridized carbons (Fsp3) is 0.375. The quantitative estimate of drug-likeness (QED) is 0.731. The van der Waals surface area contributed by atoms with Crippen LogP contribution in [0.5, 0.6) is 0 Å². The summed E-state index contributed by atoms with van der Waals surface area (Å²) in [6.07, 6.45) is 1.41. The van der Waals surface area contributed by atoms with Gasteiger partial charge < -0.3 is 10.8 Å². The number of nitrogens with one attached hydrogen (secondary N) is 1. The molecule has 4 N–H and O–H groups in total. The van der Waals surface area contributed by atoms with Crippen molar-refractivity contribution in [3.05, 3.63) is 16.7 Å². The lowest BCUT2D eigenvalue weighted by molar-refractivity contribution is 0.265. The number of nitrogens with two attached hydrogens (primary N) is 1. The molecule has 0 spiro atoms. The number of aliphatic hydroxyl groups is 1. The van der Waals surface area contributed by atoms with Gasteiger partial charge in [0.05, 0.1) is 6.61 Å². The van der Waals surface area contributed by atoms with Crippen molar-refractivity contribution in [3.8, 4) is 0 Å². The summed E-state index contributed by atoms with van der Waals surface area (Å²) >= 11 is 3.11. The highest BCUT2D eigenvalue weighted by Gasteiger charge is 2.20. The molecular weight excluding hydrogens is 298 g/mol. The Morgan fingerprint density at radius 2 is 2.31 bits per heavy atom. The van der Waals surface area contributed by atoms with Gasteiger partial charge in [-0.05, 0) is 28.9 Å². The van der Waals surface area contributed by atoms with Crippen molar-refractivity contribution in [3.63, 3.8) is 0 Å². The van der Waals surface area contributed by atoms with E-state index in [1.54, 1.807) is 6.92 Å². The van der Waals surface area contributed by atoms with E-state index in [0.717, 1.165) is 0 Å². The van der Waals surface area contributed by atoms with Gasteiger partial charge in [0.2, 0.25) is 10.0 Å². The summed E-state index contributed by atoms with van der Waals surface area (Å²) in [7, 11) is -3.75. The number of nitrogen functional groups attached to an aromatic ring is 1. The molecule has 0 aliphatic heterocycles. The molecule has 1 heterocycles. The number of rotatable bonds is 4. The minimum absolute atomic E-state index is 0.0826. The fourth-order valence-corrected chi connectivity index (χ4v) is 2.84. The average molecular weight is 310 g/mol. The highest BCUT2D eigenvalue weighted by atomic mass is 79.9. The normalized spacial score (nSPS) is 13.7. The van der Waals surface area contributed by atoms with Crippen LogP contribution in [0.4, 0.5) is 5.82 Å². The maximum atomic E-state index is 11.8. The molecule has 1 aromatic heterocycles. The first-order chi connectivity index (χ1) is 7.36. The van der Waals surface area contributed by atoms with E-state index in [1.165, 1.54) is 12.3 Å². The van der Waals surface area contributed by atoms with E-state index in [1.807, 2.05) is 0 Å². The van der Waals surface area contributed by atoms with Gasteiger partial charge in [0.1, 0.15) is 10.7 Å². The Labute approximate surface area is 102 Å². The molecule has 16 heavy (non-hydrogen) atoms. The monoisotopic (exact) mass is 309 g/mol. The zero-order valence-electron chi connectivity index (χ0n) is 8.51. The molecule has 0 amide bonds. The number of anilines is 1. The second-order valence-corrected chi connectivity index (χ2v) is 5.84. The number of sulfonamides is 1. The van der Waals surface area contributed by atoms with E-state index in [4.69, 9.17) is 10.8 Å².